The van der Waals surface area contributed by atoms with Crippen molar-refractivity contribution in [3.63, 3.8) is 0 Å². The van der Waals surface area contributed by atoms with Crippen molar-refractivity contribution in [1.82, 2.24) is 9.46 Å². The molecule has 4 rings (SSSR count). The molecule has 0 saturated carbocycles. The first-order valence-corrected chi connectivity index (χ1v) is 13.7. The number of amides is 1. The summed E-state index contributed by atoms with van der Waals surface area (Å²) in [4.78, 5) is 13.0. The number of sulfonamides is 1. The number of hydrogen-bond donors (Lipinski definition) is 1. The highest BCUT2D eigenvalue weighted by molar-refractivity contribution is 7.89. The molecule has 0 bridgehead atoms. The smallest absolute Gasteiger partial charge is 0.248 e. The molecule has 0 spiro atoms. The molecule has 1 fully saturated rings. The molecule has 196 valence electrons. The maximum Gasteiger partial charge on any atom is 0.248 e. The molecule has 1 atom stereocenters. The van der Waals surface area contributed by atoms with Crippen LogP contribution in [0.1, 0.15) is 46.5 Å². The van der Waals surface area contributed by atoms with Crippen molar-refractivity contribution >= 4 is 33.8 Å². The van der Waals surface area contributed by atoms with E-state index in [0.29, 0.717) is 36.5 Å². The Kier molecular flexibility index (Phi) is 7.85. The maximum absolute atomic E-state index is 13.7. The summed E-state index contributed by atoms with van der Waals surface area (Å²) in [6, 6.07) is 11.2. The van der Waals surface area contributed by atoms with Gasteiger partial charge in [-0.05, 0) is 87.6 Å². The Bertz CT molecular complexity index is 1400. The normalized spacial score (nSPS) is 16.7. The van der Waals surface area contributed by atoms with Crippen LogP contribution in [0.5, 0.6) is 5.75 Å². The van der Waals surface area contributed by atoms with Gasteiger partial charge in [-0.3, -0.25) is 4.79 Å². The van der Waals surface area contributed by atoms with Gasteiger partial charge in [0.05, 0.1) is 13.0 Å². The molecular weight excluding hydrogens is 490 g/mol. The fourth-order valence-corrected chi connectivity index (χ4v) is 6.61. The number of anilines is 1. The number of aryl methyl sites for hydroxylation is 4. The number of carbonyl (C=O) groups is 1. The Morgan fingerprint density at radius 2 is 1.78 bits per heavy atom. The summed E-state index contributed by atoms with van der Waals surface area (Å²) in [5.74, 6) is 0.191. The third-order valence-electron chi connectivity index (χ3n) is 6.68. The van der Waals surface area contributed by atoms with Gasteiger partial charge in [-0.1, -0.05) is 28.9 Å². The molecule has 3 aromatic rings. The van der Waals surface area contributed by atoms with Crippen LogP contribution in [-0.4, -0.2) is 44.0 Å². The van der Waals surface area contributed by atoms with Crippen molar-refractivity contribution in [2.24, 2.45) is 5.92 Å². The molecule has 9 heteroatoms. The summed E-state index contributed by atoms with van der Waals surface area (Å²) in [6.07, 6.45) is 4.71. The van der Waals surface area contributed by atoms with Crippen molar-refractivity contribution in [3.05, 3.63) is 70.1 Å². The van der Waals surface area contributed by atoms with E-state index in [4.69, 9.17) is 9.26 Å². The van der Waals surface area contributed by atoms with Crippen molar-refractivity contribution in [1.29, 1.82) is 0 Å². The average molecular weight is 524 g/mol. The zero-order valence-electron chi connectivity index (χ0n) is 21.9. The van der Waals surface area contributed by atoms with Crippen LogP contribution < -0.4 is 10.1 Å². The van der Waals surface area contributed by atoms with Gasteiger partial charge in [-0.25, -0.2) is 8.42 Å². The van der Waals surface area contributed by atoms with E-state index in [1.165, 1.54) is 9.87 Å². The highest BCUT2D eigenvalue weighted by Crippen LogP contribution is 2.30. The minimum absolute atomic E-state index is 0.0439. The molecule has 2 heterocycles. The topological polar surface area (TPSA) is 102 Å². The molecule has 0 radical (unpaired) electrons. The van der Waals surface area contributed by atoms with Gasteiger partial charge in [0.25, 0.3) is 0 Å². The van der Waals surface area contributed by atoms with Crippen LogP contribution in [0.3, 0.4) is 0 Å². The van der Waals surface area contributed by atoms with Gasteiger partial charge in [0.2, 0.25) is 15.9 Å². The SMILES string of the molecule is COc1ccc(NC(=O)C2CCCN(S(=O)(=O)c3c(C)noc3C=Cc3c(C)cc(C)cc3C)C2)cc1. The standard InChI is InChI=1S/C28H33N3O5S/c1-18-15-19(2)25(20(3)16-18)12-13-26-27(21(4)30-36-26)37(33,34)31-14-6-7-22(17-31)28(32)29-23-8-10-24(35-5)11-9-23/h8-13,15-16,22H,6-7,14,17H2,1-5H3,(H,29,32). The third-order valence-corrected chi connectivity index (χ3v) is 8.71. The van der Waals surface area contributed by atoms with Gasteiger partial charge in [0, 0.05) is 18.8 Å². The van der Waals surface area contributed by atoms with Gasteiger partial charge in [-0.15, -0.1) is 0 Å². The van der Waals surface area contributed by atoms with Crippen LogP contribution in [-0.2, 0) is 14.8 Å². The van der Waals surface area contributed by atoms with Crippen LogP contribution >= 0.6 is 0 Å². The van der Waals surface area contributed by atoms with E-state index < -0.39 is 15.9 Å². The minimum atomic E-state index is -3.93. The van der Waals surface area contributed by atoms with Crippen LogP contribution in [0.25, 0.3) is 12.2 Å². The Labute approximate surface area is 218 Å². The highest BCUT2D eigenvalue weighted by Gasteiger charge is 2.37. The minimum Gasteiger partial charge on any atom is -0.497 e. The number of nitrogens with zero attached hydrogens (tertiary/aromatic N) is 2. The molecule has 1 saturated heterocycles. The van der Waals surface area contributed by atoms with Crippen molar-refractivity contribution < 1.29 is 22.5 Å². The lowest BCUT2D eigenvalue weighted by molar-refractivity contribution is -0.120. The number of hydrogen-bond acceptors (Lipinski definition) is 6. The summed E-state index contributed by atoms with van der Waals surface area (Å²) in [5.41, 5.74) is 5.29. The van der Waals surface area contributed by atoms with Crippen LogP contribution in [0, 0.1) is 33.6 Å². The van der Waals surface area contributed by atoms with E-state index in [-0.39, 0.29) is 23.1 Å². The summed E-state index contributed by atoms with van der Waals surface area (Å²) in [6.45, 7) is 8.13. The second kappa shape index (κ2) is 10.9. The van der Waals surface area contributed by atoms with Gasteiger partial charge in [0.15, 0.2) is 10.7 Å². The molecule has 1 amide bonds. The molecule has 8 nitrogen and oxygen atoms in total. The molecule has 37 heavy (non-hydrogen) atoms. The van der Waals surface area contributed by atoms with Crippen LogP contribution in [0.2, 0.25) is 0 Å². The van der Waals surface area contributed by atoms with Crippen molar-refractivity contribution in [2.45, 2.75) is 45.4 Å². The molecule has 1 aromatic heterocycles. The Hall–Kier alpha value is -3.43. The first-order valence-electron chi connectivity index (χ1n) is 12.3. The van der Waals surface area contributed by atoms with Gasteiger partial charge in [0.1, 0.15) is 11.4 Å². The van der Waals surface area contributed by atoms with E-state index in [9.17, 15) is 13.2 Å². The van der Waals surface area contributed by atoms with Gasteiger partial charge < -0.3 is 14.6 Å². The number of rotatable bonds is 7. The first-order chi connectivity index (χ1) is 17.6. The fourth-order valence-electron chi connectivity index (χ4n) is 4.83. The van der Waals surface area contributed by atoms with Crippen molar-refractivity contribution in [3.8, 4) is 5.75 Å². The molecule has 2 aromatic carbocycles. The maximum atomic E-state index is 13.7. The van der Waals surface area contributed by atoms with Gasteiger partial charge >= 0.3 is 0 Å². The highest BCUT2D eigenvalue weighted by atomic mass is 32.2. The second-order valence-electron chi connectivity index (χ2n) is 9.53. The lowest BCUT2D eigenvalue weighted by atomic mass is 9.98. The fraction of sp³-hybridized carbons (Fsp3) is 0.357. The largest absolute Gasteiger partial charge is 0.497 e. The summed E-state index contributed by atoms with van der Waals surface area (Å²) in [7, 11) is -2.35. The molecule has 1 aliphatic heterocycles. The lowest BCUT2D eigenvalue weighted by Gasteiger charge is -2.31. The Morgan fingerprint density at radius 3 is 2.43 bits per heavy atom. The molecule has 1 aliphatic rings. The number of aromatic nitrogens is 1. The van der Waals surface area contributed by atoms with E-state index >= 15 is 0 Å². The first kappa shape index (κ1) is 26.6. The zero-order valence-corrected chi connectivity index (χ0v) is 22.7. The molecule has 1 N–H and O–H groups in total. The summed E-state index contributed by atoms with van der Waals surface area (Å²) < 4.78 is 39.4. The van der Waals surface area contributed by atoms with E-state index in [0.717, 1.165) is 16.7 Å². The monoisotopic (exact) mass is 523 g/mol. The number of ether oxygens (including phenoxy) is 1. The zero-order chi connectivity index (χ0) is 26.7. The average Bonchev–Trinajstić information content (AvgIpc) is 3.25. The van der Waals surface area contributed by atoms with Crippen LogP contribution in [0.4, 0.5) is 5.69 Å². The summed E-state index contributed by atoms with van der Waals surface area (Å²) in [5, 5.41) is 6.84. The number of carbonyl (C=O) groups excluding carboxylic acids is 1. The number of benzene rings is 2. The quantitative estimate of drug-likeness (QED) is 0.461. The van der Waals surface area contributed by atoms with Crippen LogP contribution in [0.15, 0.2) is 45.8 Å². The predicted octanol–water partition coefficient (Wildman–Crippen LogP) is 5.13. The Balaban J connectivity index is 1.54. The lowest BCUT2D eigenvalue weighted by Crippen LogP contribution is -2.43. The summed E-state index contributed by atoms with van der Waals surface area (Å²) >= 11 is 0. The number of methoxy groups -OCH3 is 1. The molecule has 1 unspecified atom stereocenters. The van der Waals surface area contributed by atoms with E-state index in [1.54, 1.807) is 44.4 Å². The predicted molar refractivity (Wildman–Crippen MR) is 144 cm³/mol. The second-order valence-corrected chi connectivity index (χ2v) is 11.4. The number of piperidine rings is 1. The molecular formula is C28H33N3O5S. The van der Waals surface area contributed by atoms with E-state index in [1.807, 2.05) is 26.8 Å². The number of nitrogens with one attached hydrogen (secondary N) is 1. The van der Waals surface area contributed by atoms with E-state index in [2.05, 4.69) is 22.6 Å². The molecule has 0 aliphatic carbocycles. The van der Waals surface area contributed by atoms with Gasteiger partial charge in [-0.2, -0.15) is 4.31 Å². The van der Waals surface area contributed by atoms with Crippen molar-refractivity contribution in [2.75, 3.05) is 25.5 Å². The third kappa shape index (κ3) is 5.78. The Morgan fingerprint density at radius 1 is 1.11 bits per heavy atom.